The molecule has 0 bridgehead atoms. The average molecular weight is 555 g/mol. The molecule has 1 aliphatic carbocycles. The van der Waals surface area contributed by atoms with Crippen LogP contribution in [-0.2, 0) is 12.8 Å². The van der Waals surface area contributed by atoms with E-state index in [4.69, 9.17) is 4.99 Å². The second kappa shape index (κ2) is 10.0. The molecule has 2 atom stereocenters. The monoisotopic (exact) mass is 554 g/mol. The Bertz CT molecular complexity index is 1680. The van der Waals surface area contributed by atoms with E-state index < -0.39 is 12.0 Å². The van der Waals surface area contributed by atoms with Gasteiger partial charge in [0.2, 0.25) is 5.92 Å². The Morgan fingerprint density at radius 3 is 2.93 bits per heavy atom. The number of nitrogens with one attached hydrogen (secondary N) is 1. The van der Waals surface area contributed by atoms with E-state index >= 15 is 0 Å². The highest BCUT2D eigenvalue weighted by Crippen LogP contribution is 2.42. The Labute approximate surface area is 237 Å². The molecule has 2 aliphatic heterocycles. The van der Waals surface area contributed by atoms with E-state index in [1.165, 1.54) is 0 Å². The molecule has 1 unspecified atom stereocenters. The number of aryl methyl sites for hydroxylation is 1. The summed E-state index contributed by atoms with van der Waals surface area (Å²) in [5.41, 5.74) is 7.38. The van der Waals surface area contributed by atoms with Crippen molar-refractivity contribution in [2.24, 2.45) is 10.9 Å². The van der Waals surface area contributed by atoms with Gasteiger partial charge in [0.1, 0.15) is 6.04 Å². The fourth-order valence-electron chi connectivity index (χ4n) is 6.71. The van der Waals surface area contributed by atoms with E-state index in [2.05, 4.69) is 21.6 Å². The first-order valence-electron chi connectivity index (χ1n) is 14.4. The van der Waals surface area contributed by atoms with Gasteiger partial charge in [-0.1, -0.05) is 43.7 Å². The highest BCUT2D eigenvalue weighted by Gasteiger charge is 2.40. The third-order valence-electron chi connectivity index (χ3n) is 8.87. The number of fused-ring (bicyclic) bond motifs is 3. The lowest BCUT2D eigenvalue weighted by molar-refractivity contribution is -0.0258. The van der Waals surface area contributed by atoms with Gasteiger partial charge in [-0.05, 0) is 42.9 Å². The SMILES string of the molecule is C=C1C([C@@H]2c3nc[nH]c3CCN2C(=O)c2cnn3cc(CCC4CCCCC(F)(F)C4)ccc23)=Nc2ccccc21. The molecular formula is C32H32F2N6O. The summed E-state index contributed by atoms with van der Waals surface area (Å²) in [4.78, 5) is 28.7. The standard InChI is InChI=1S/C32H32F2N6O/c1-20-23-7-2-3-8-25(23)38-28(20)30-29-26(35-19-36-29)13-15-39(30)31(41)24-17-37-40-18-22(11-12-27(24)40)10-9-21-6-4-5-14-32(33,34)16-21/h2-3,7-8,11-12,17-19,21,30H,1,4-6,9-10,13-16H2,(H,35,36)/t21?,30-/m1/s1. The number of hydrogen-bond acceptors (Lipinski definition) is 4. The summed E-state index contributed by atoms with van der Waals surface area (Å²) in [5.74, 6) is -2.66. The number of aromatic amines is 1. The quantitative estimate of drug-likeness (QED) is 0.277. The Morgan fingerprint density at radius 2 is 2.05 bits per heavy atom. The van der Waals surface area contributed by atoms with E-state index in [0.29, 0.717) is 36.9 Å². The summed E-state index contributed by atoms with van der Waals surface area (Å²) in [6, 6.07) is 11.3. The number of imidazole rings is 1. The Morgan fingerprint density at radius 1 is 1.17 bits per heavy atom. The normalized spacial score (nSPS) is 21.9. The summed E-state index contributed by atoms with van der Waals surface area (Å²) in [6.45, 7) is 4.83. The average Bonchev–Trinajstić information content (AvgIpc) is 3.67. The van der Waals surface area contributed by atoms with Crippen LogP contribution in [0.5, 0.6) is 0 Å². The lowest BCUT2D eigenvalue weighted by Crippen LogP contribution is -2.43. The first-order chi connectivity index (χ1) is 19.9. The lowest BCUT2D eigenvalue weighted by Gasteiger charge is -2.35. The van der Waals surface area contributed by atoms with E-state index in [-0.39, 0.29) is 24.7 Å². The first kappa shape index (κ1) is 25.8. The summed E-state index contributed by atoms with van der Waals surface area (Å²) in [7, 11) is 0. The number of amides is 1. The number of pyridine rings is 1. The van der Waals surface area contributed by atoms with Crippen molar-refractivity contribution in [1.82, 2.24) is 24.5 Å². The number of aromatic nitrogens is 4. The summed E-state index contributed by atoms with van der Waals surface area (Å²) in [6.07, 6.45) is 9.61. The zero-order valence-corrected chi connectivity index (χ0v) is 22.8. The molecule has 7 rings (SSSR count). The predicted molar refractivity (Wildman–Crippen MR) is 154 cm³/mol. The van der Waals surface area contributed by atoms with Gasteiger partial charge in [0.05, 0.1) is 40.7 Å². The van der Waals surface area contributed by atoms with Crippen LogP contribution in [0.2, 0.25) is 0 Å². The number of nitrogens with zero attached hydrogens (tertiary/aromatic N) is 5. The van der Waals surface area contributed by atoms with Crippen LogP contribution in [-0.4, -0.2) is 48.6 Å². The molecule has 41 heavy (non-hydrogen) atoms. The Kier molecular flexibility index (Phi) is 6.32. The van der Waals surface area contributed by atoms with Crippen molar-refractivity contribution in [2.45, 2.75) is 63.3 Å². The Balaban J connectivity index is 1.15. The molecule has 0 radical (unpaired) electrons. The van der Waals surface area contributed by atoms with Crippen molar-refractivity contribution in [1.29, 1.82) is 0 Å². The topological polar surface area (TPSA) is 78.7 Å². The number of carbonyl (C=O) groups excluding carboxylic acids is 1. The fourth-order valence-corrected chi connectivity index (χ4v) is 6.71. The third-order valence-corrected chi connectivity index (χ3v) is 8.87. The molecule has 9 heteroatoms. The molecule has 0 spiro atoms. The van der Waals surface area contributed by atoms with Crippen LogP contribution >= 0.6 is 0 Å². The van der Waals surface area contributed by atoms with Gasteiger partial charge in [-0.25, -0.2) is 23.3 Å². The molecule has 0 saturated heterocycles. The third kappa shape index (κ3) is 4.67. The highest BCUT2D eigenvalue weighted by molar-refractivity contribution is 6.31. The van der Waals surface area contributed by atoms with E-state index in [0.717, 1.165) is 58.7 Å². The molecule has 3 aliphatic rings. The summed E-state index contributed by atoms with van der Waals surface area (Å²) < 4.78 is 29.9. The van der Waals surface area contributed by atoms with E-state index in [1.54, 1.807) is 17.0 Å². The maximum Gasteiger partial charge on any atom is 0.258 e. The largest absolute Gasteiger partial charge is 0.348 e. The minimum absolute atomic E-state index is 0.00722. The number of rotatable bonds is 5. The van der Waals surface area contributed by atoms with Gasteiger partial charge in [-0.2, -0.15) is 5.10 Å². The van der Waals surface area contributed by atoms with Crippen molar-refractivity contribution < 1.29 is 13.6 Å². The van der Waals surface area contributed by atoms with Crippen LogP contribution in [0.15, 0.2) is 66.7 Å². The summed E-state index contributed by atoms with van der Waals surface area (Å²) in [5, 5.41) is 4.51. The van der Waals surface area contributed by atoms with Gasteiger partial charge >= 0.3 is 0 Å². The number of alkyl halides is 2. The van der Waals surface area contributed by atoms with Crippen molar-refractivity contribution in [3.8, 4) is 0 Å². The van der Waals surface area contributed by atoms with Crippen LogP contribution in [0.1, 0.15) is 77.4 Å². The predicted octanol–water partition coefficient (Wildman–Crippen LogP) is 6.74. The zero-order chi connectivity index (χ0) is 28.1. The van der Waals surface area contributed by atoms with Gasteiger partial charge in [0, 0.05) is 48.8 Å². The molecule has 210 valence electrons. The maximum atomic E-state index is 14.1. The first-order valence-corrected chi connectivity index (χ1v) is 14.4. The molecule has 1 N–H and O–H groups in total. The van der Waals surface area contributed by atoms with Gasteiger partial charge in [-0.3, -0.25) is 4.79 Å². The highest BCUT2D eigenvalue weighted by atomic mass is 19.3. The van der Waals surface area contributed by atoms with Crippen LogP contribution in [0.25, 0.3) is 11.1 Å². The lowest BCUT2D eigenvalue weighted by atomic mass is 9.92. The number of carbonyl (C=O) groups is 1. The number of hydrogen-bond donors (Lipinski definition) is 1. The number of halogens is 2. The van der Waals surface area contributed by atoms with Crippen molar-refractivity contribution in [2.75, 3.05) is 6.54 Å². The van der Waals surface area contributed by atoms with Gasteiger partial charge < -0.3 is 9.88 Å². The number of para-hydroxylation sites is 1. The van der Waals surface area contributed by atoms with Gasteiger partial charge in [0.25, 0.3) is 5.91 Å². The second-order valence-corrected chi connectivity index (χ2v) is 11.5. The molecule has 1 saturated carbocycles. The van der Waals surface area contributed by atoms with Crippen LogP contribution in [0.3, 0.4) is 0 Å². The molecule has 5 heterocycles. The molecule has 4 aromatic rings. The molecular weight excluding hydrogens is 522 g/mol. The van der Waals surface area contributed by atoms with Crippen molar-refractivity contribution in [3.05, 3.63) is 89.8 Å². The van der Waals surface area contributed by atoms with Crippen LogP contribution in [0, 0.1) is 5.92 Å². The smallest absolute Gasteiger partial charge is 0.258 e. The minimum Gasteiger partial charge on any atom is -0.348 e. The van der Waals surface area contributed by atoms with Crippen molar-refractivity contribution in [3.63, 3.8) is 0 Å². The number of aliphatic imine (C=N–C) groups is 1. The zero-order valence-electron chi connectivity index (χ0n) is 22.8. The van der Waals surface area contributed by atoms with Crippen LogP contribution in [0.4, 0.5) is 14.5 Å². The molecule has 3 aromatic heterocycles. The van der Waals surface area contributed by atoms with E-state index in [1.807, 2.05) is 47.5 Å². The fraction of sp³-hybridized carbons (Fsp3) is 0.375. The number of benzene rings is 1. The number of H-pyrrole nitrogens is 1. The molecule has 7 nitrogen and oxygen atoms in total. The Hall–Kier alpha value is -4.14. The van der Waals surface area contributed by atoms with Gasteiger partial charge in [-0.15, -0.1) is 0 Å². The molecule has 1 fully saturated rings. The van der Waals surface area contributed by atoms with Gasteiger partial charge in [0.15, 0.2) is 0 Å². The summed E-state index contributed by atoms with van der Waals surface area (Å²) >= 11 is 0. The maximum absolute atomic E-state index is 14.1. The molecule has 1 aromatic carbocycles. The minimum atomic E-state index is -2.55. The van der Waals surface area contributed by atoms with Crippen molar-refractivity contribution >= 4 is 28.4 Å². The van der Waals surface area contributed by atoms with Crippen LogP contribution < -0.4 is 0 Å². The second-order valence-electron chi connectivity index (χ2n) is 11.5. The molecule has 1 amide bonds. The van der Waals surface area contributed by atoms with E-state index in [9.17, 15) is 13.6 Å².